The highest BCUT2D eigenvalue weighted by atomic mass is 79.9. The summed E-state index contributed by atoms with van der Waals surface area (Å²) in [5.74, 6) is 0.398. The molecule has 1 aromatic heterocycles. The highest BCUT2D eigenvalue weighted by Crippen LogP contribution is 2.28. The van der Waals surface area contributed by atoms with E-state index in [0.29, 0.717) is 18.9 Å². The van der Waals surface area contributed by atoms with Crippen molar-refractivity contribution in [1.82, 2.24) is 10.2 Å². The molecule has 0 fully saturated rings. The number of ether oxygens (including phenoxy) is 1. The first-order chi connectivity index (χ1) is 13.1. The quantitative estimate of drug-likeness (QED) is 0.652. The molecule has 1 aliphatic rings. The topological polar surface area (TPSA) is 75.5 Å². The third-order valence-electron chi connectivity index (χ3n) is 4.45. The Morgan fingerprint density at radius 3 is 2.81 bits per heavy atom. The lowest BCUT2D eigenvalue weighted by Crippen LogP contribution is -2.25. The minimum atomic E-state index is -1.08. The Kier molecular flexibility index (Phi) is 6.45. The van der Waals surface area contributed by atoms with Crippen LogP contribution in [-0.2, 0) is 6.54 Å². The molecule has 1 N–H and O–H groups in total. The fourth-order valence-corrected chi connectivity index (χ4v) is 3.41. The number of anilines is 1. The molecular weight excluding hydrogens is 410 g/mol. The van der Waals surface area contributed by atoms with Crippen LogP contribution >= 0.6 is 15.9 Å². The van der Waals surface area contributed by atoms with Gasteiger partial charge in [-0.05, 0) is 62.6 Å². The van der Waals surface area contributed by atoms with Gasteiger partial charge in [0.1, 0.15) is 11.9 Å². The van der Waals surface area contributed by atoms with E-state index in [1.807, 2.05) is 30.0 Å². The van der Waals surface area contributed by atoms with Crippen LogP contribution in [0.25, 0.3) is 0 Å². The van der Waals surface area contributed by atoms with Gasteiger partial charge in [0, 0.05) is 23.1 Å². The number of rotatable bonds is 7. The summed E-state index contributed by atoms with van der Waals surface area (Å²) < 4.78 is 7.20. The maximum absolute atomic E-state index is 11.0. The summed E-state index contributed by atoms with van der Waals surface area (Å²) in [6.45, 7) is 3.31. The van der Waals surface area contributed by atoms with E-state index in [1.54, 1.807) is 6.07 Å². The van der Waals surface area contributed by atoms with Gasteiger partial charge in [-0.15, -0.1) is 10.2 Å². The van der Waals surface area contributed by atoms with Crippen LogP contribution in [0.3, 0.4) is 0 Å². The van der Waals surface area contributed by atoms with Crippen molar-refractivity contribution in [2.75, 3.05) is 11.4 Å². The predicted octanol–water partition coefficient (Wildman–Crippen LogP) is 4.45. The lowest BCUT2D eigenvalue weighted by molar-refractivity contribution is 0.0689. The lowest BCUT2D eigenvalue weighted by Gasteiger charge is -2.25. The molecule has 7 heteroatoms. The van der Waals surface area contributed by atoms with Crippen LogP contribution in [0.15, 0.2) is 47.0 Å². The second-order valence-electron chi connectivity index (χ2n) is 6.36. The van der Waals surface area contributed by atoms with Gasteiger partial charge in [0.15, 0.2) is 11.5 Å². The average molecular weight is 432 g/mol. The highest BCUT2D eigenvalue weighted by Gasteiger charge is 2.16. The van der Waals surface area contributed by atoms with Crippen LogP contribution in [0.4, 0.5) is 5.82 Å². The van der Waals surface area contributed by atoms with Crippen molar-refractivity contribution in [1.29, 1.82) is 0 Å². The second kappa shape index (κ2) is 8.99. The molecule has 0 aliphatic heterocycles. The molecule has 0 saturated carbocycles. The van der Waals surface area contributed by atoms with E-state index in [-0.39, 0.29) is 11.8 Å². The Morgan fingerprint density at radius 1 is 1.33 bits per heavy atom. The predicted molar refractivity (Wildman–Crippen MR) is 107 cm³/mol. The van der Waals surface area contributed by atoms with Crippen molar-refractivity contribution in [2.45, 2.75) is 38.8 Å². The Balaban J connectivity index is 1.81. The Bertz CT molecular complexity index is 824. The maximum Gasteiger partial charge on any atom is 0.356 e. The Hall–Kier alpha value is -2.41. The SMILES string of the molecule is CCN(Cc1cc(Br)ccc1OC1C=CCCC1)c1ccc(C(=O)O)nn1. The van der Waals surface area contributed by atoms with Crippen LogP contribution in [0.2, 0.25) is 0 Å². The number of benzene rings is 1. The zero-order valence-electron chi connectivity index (χ0n) is 15.1. The summed E-state index contributed by atoms with van der Waals surface area (Å²) in [5.41, 5.74) is 0.972. The number of nitrogens with zero attached hydrogens (tertiary/aromatic N) is 3. The largest absolute Gasteiger partial charge is 0.486 e. The van der Waals surface area contributed by atoms with Gasteiger partial charge >= 0.3 is 5.97 Å². The number of aromatic carboxylic acids is 1. The third-order valence-corrected chi connectivity index (χ3v) is 4.94. The van der Waals surface area contributed by atoms with Crippen LogP contribution in [0.1, 0.15) is 42.2 Å². The molecule has 27 heavy (non-hydrogen) atoms. The van der Waals surface area contributed by atoms with Gasteiger partial charge < -0.3 is 14.7 Å². The number of aromatic nitrogens is 2. The van der Waals surface area contributed by atoms with Crippen LogP contribution in [0, 0.1) is 0 Å². The summed E-state index contributed by atoms with van der Waals surface area (Å²) in [6.07, 6.45) is 7.67. The zero-order chi connectivity index (χ0) is 19.2. The van der Waals surface area contributed by atoms with E-state index in [1.165, 1.54) is 6.07 Å². The van der Waals surface area contributed by atoms with Gasteiger partial charge in [-0.1, -0.05) is 22.0 Å². The lowest BCUT2D eigenvalue weighted by atomic mass is 10.1. The summed E-state index contributed by atoms with van der Waals surface area (Å²) in [4.78, 5) is 13.0. The molecule has 6 nitrogen and oxygen atoms in total. The fraction of sp³-hybridized carbons (Fsp3) is 0.350. The molecule has 1 atom stereocenters. The van der Waals surface area contributed by atoms with Crippen LogP contribution < -0.4 is 9.64 Å². The molecule has 0 saturated heterocycles. The number of carboxylic acid groups (broad SMARTS) is 1. The molecule has 0 amide bonds. The zero-order valence-corrected chi connectivity index (χ0v) is 16.7. The summed E-state index contributed by atoms with van der Waals surface area (Å²) in [6, 6.07) is 9.16. The molecule has 0 bridgehead atoms. The number of halogens is 1. The monoisotopic (exact) mass is 431 g/mol. The first-order valence-corrected chi connectivity index (χ1v) is 9.80. The van der Waals surface area contributed by atoms with E-state index in [2.05, 4.69) is 38.3 Å². The molecule has 2 aromatic rings. The van der Waals surface area contributed by atoms with Crippen LogP contribution in [0.5, 0.6) is 5.75 Å². The molecule has 3 rings (SSSR count). The van der Waals surface area contributed by atoms with E-state index >= 15 is 0 Å². The van der Waals surface area contributed by atoms with Crippen molar-refractivity contribution in [2.24, 2.45) is 0 Å². The smallest absolute Gasteiger partial charge is 0.356 e. The van der Waals surface area contributed by atoms with E-state index in [9.17, 15) is 4.79 Å². The molecule has 142 valence electrons. The minimum absolute atomic E-state index is 0.0645. The molecule has 0 spiro atoms. The van der Waals surface area contributed by atoms with Crippen molar-refractivity contribution in [3.05, 3.63) is 58.2 Å². The molecule has 1 heterocycles. The van der Waals surface area contributed by atoms with Crippen molar-refractivity contribution < 1.29 is 14.6 Å². The number of carboxylic acids is 1. The normalized spacial score (nSPS) is 16.1. The van der Waals surface area contributed by atoms with Gasteiger partial charge in [-0.3, -0.25) is 0 Å². The van der Waals surface area contributed by atoms with Gasteiger partial charge in [0.25, 0.3) is 0 Å². The average Bonchev–Trinajstić information content (AvgIpc) is 2.69. The van der Waals surface area contributed by atoms with Crippen molar-refractivity contribution >= 4 is 27.7 Å². The molecule has 0 radical (unpaired) electrons. The van der Waals surface area contributed by atoms with E-state index in [0.717, 1.165) is 35.0 Å². The van der Waals surface area contributed by atoms with Gasteiger partial charge in [-0.25, -0.2) is 4.79 Å². The third kappa shape index (κ3) is 5.07. The van der Waals surface area contributed by atoms with Crippen molar-refractivity contribution in [3.8, 4) is 5.75 Å². The summed E-state index contributed by atoms with van der Waals surface area (Å²) in [7, 11) is 0. The minimum Gasteiger partial charge on any atom is -0.486 e. The van der Waals surface area contributed by atoms with Crippen molar-refractivity contribution in [3.63, 3.8) is 0 Å². The summed E-state index contributed by atoms with van der Waals surface area (Å²) >= 11 is 3.53. The maximum atomic E-state index is 11.0. The molecule has 1 aromatic carbocycles. The summed E-state index contributed by atoms with van der Waals surface area (Å²) in [5, 5.41) is 16.8. The van der Waals surface area contributed by atoms with E-state index in [4.69, 9.17) is 9.84 Å². The highest BCUT2D eigenvalue weighted by molar-refractivity contribution is 9.10. The van der Waals surface area contributed by atoms with Crippen LogP contribution in [-0.4, -0.2) is 33.9 Å². The standard InChI is InChI=1S/C20H22BrN3O3/c1-2-24(19-11-9-17(20(25)26)22-23-19)13-14-12-15(21)8-10-18(14)27-16-6-4-3-5-7-16/h4,6,8-12,16H,2-3,5,7,13H2,1H3,(H,25,26). The second-order valence-corrected chi connectivity index (χ2v) is 7.28. The van der Waals surface area contributed by atoms with Gasteiger partial charge in [0.05, 0.1) is 0 Å². The number of hydrogen-bond donors (Lipinski definition) is 1. The molecule has 1 aliphatic carbocycles. The fourth-order valence-electron chi connectivity index (χ4n) is 3.00. The first kappa shape index (κ1) is 19.4. The van der Waals surface area contributed by atoms with E-state index < -0.39 is 5.97 Å². The number of carbonyl (C=O) groups is 1. The number of allylic oxidation sites excluding steroid dienone is 1. The Morgan fingerprint density at radius 2 is 2.19 bits per heavy atom. The van der Waals surface area contributed by atoms with Gasteiger partial charge in [-0.2, -0.15) is 0 Å². The molecular formula is C20H22BrN3O3. The Labute approximate surface area is 167 Å². The number of hydrogen-bond acceptors (Lipinski definition) is 5. The van der Waals surface area contributed by atoms with Gasteiger partial charge in [0.2, 0.25) is 0 Å². The molecule has 1 unspecified atom stereocenters. The first-order valence-electron chi connectivity index (χ1n) is 9.00.